The number of nitrogens with zero attached hydrogens (tertiary/aromatic N) is 4. The van der Waals surface area contributed by atoms with Crippen molar-refractivity contribution in [2.24, 2.45) is 4.99 Å². The number of rotatable bonds is 9. The van der Waals surface area contributed by atoms with Gasteiger partial charge in [0.05, 0.1) is 10.8 Å². The van der Waals surface area contributed by atoms with E-state index in [-0.39, 0.29) is 0 Å². The second kappa shape index (κ2) is 11.2. The van der Waals surface area contributed by atoms with Crippen LogP contribution in [0.4, 0.5) is 28.8 Å². The van der Waals surface area contributed by atoms with Gasteiger partial charge in [0.1, 0.15) is 10.8 Å². The monoisotopic (exact) mass is 531 g/mol. The Morgan fingerprint density at radius 1 is 1.16 bits per heavy atom. The standard InChI is InChI=1S/C22H23BrClN7S/c1-14-11-18(9-10-20(14)30-32-15(2)26-13-31(3)4)28-22-25-12-19(23)21(29-22)27-17-7-5-16(24)6-8-17/h5-13,30H,2H2,1,3-4H3,(H2,25,27,28,29)/b26-13-. The van der Waals surface area contributed by atoms with Crippen LogP contribution < -0.4 is 15.4 Å². The van der Waals surface area contributed by atoms with Crippen LogP contribution in [0.5, 0.6) is 0 Å². The molecular formula is C22H23BrClN7S. The number of benzene rings is 2. The van der Waals surface area contributed by atoms with Gasteiger partial charge in [-0.15, -0.1) is 0 Å². The van der Waals surface area contributed by atoms with Crippen molar-refractivity contribution in [1.82, 2.24) is 14.9 Å². The van der Waals surface area contributed by atoms with Gasteiger partial charge in [-0.05, 0) is 70.9 Å². The van der Waals surface area contributed by atoms with Gasteiger partial charge in [-0.3, -0.25) is 0 Å². The molecule has 0 bridgehead atoms. The summed E-state index contributed by atoms with van der Waals surface area (Å²) < 4.78 is 4.03. The molecule has 0 aliphatic rings. The van der Waals surface area contributed by atoms with Crippen LogP contribution >= 0.6 is 39.5 Å². The molecule has 2 aromatic carbocycles. The van der Waals surface area contributed by atoms with Gasteiger partial charge in [0, 0.05) is 54.3 Å². The molecule has 10 heteroatoms. The highest BCUT2D eigenvalue weighted by molar-refractivity contribution is 9.10. The zero-order chi connectivity index (χ0) is 23.1. The lowest BCUT2D eigenvalue weighted by molar-refractivity contribution is 0.643. The molecule has 1 heterocycles. The summed E-state index contributed by atoms with van der Waals surface area (Å²) in [6.07, 6.45) is 3.41. The molecule has 32 heavy (non-hydrogen) atoms. The van der Waals surface area contributed by atoms with E-state index in [9.17, 15) is 0 Å². The smallest absolute Gasteiger partial charge is 0.229 e. The Bertz CT molecular complexity index is 1120. The Morgan fingerprint density at radius 2 is 1.88 bits per heavy atom. The van der Waals surface area contributed by atoms with Gasteiger partial charge >= 0.3 is 0 Å². The van der Waals surface area contributed by atoms with Crippen LogP contribution in [0.25, 0.3) is 0 Å². The summed E-state index contributed by atoms with van der Waals surface area (Å²) in [5.41, 5.74) is 3.79. The molecule has 0 saturated heterocycles. The lowest BCUT2D eigenvalue weighted by atomic mass is 10.2. The van der Waals surface area contributed by atoms with Gasteiger partial charge in [0.15, 0.2) is 0 Å². The van der Waals surface area contributed by atoms with E-state index in [1.807, 2.05) is 68.4 Å². The molecular weight excluding hydrogens is 510 g/mol. The molecule has 3 N–H and O–H groups in total. The fourth-order valence-corrected chi connectivity index (χ4v) is 3.46. The van der Waals surface area contributed by atoms with Crippen molar-refractivity contribution in [3.63, 3.8) is 0 Å². The average molecular weight is 533 g/mol. The molecule has 1 aromatic heterocycles. The van der Waals surface area contributed by atoms with Crippen molar-refractivity contribution in [3.8, 4) is 0 Å². The Labute approximate surface area is 205 Å². The molecule has 0 amide bonds. The second-order valence-electron chi connectivity index (χ2n) is 6.98. The lowest BCUT2D eigenvalue weighted by Gasteiger charge is -2.13. The number of aliphatic imine (C=N–C) groups is 1. The van der Waals surface area contributed by atoms with Gasteiger partial charge < -0.3 is 20.3 Å². The van der Waals surface area contributed by atoms with Crippen molar-refractivity contribution in [3.05, 3.63) is 75.3 Å². The molecule has 0 radical (unpaired) electrons. The van der Waals surface area contributed by atoms with E-state index in [0.717, 1.165) is 27.1 Å². The maximum absolute atomic E-state index is 5.96. The Kier molecular flexibility index (Phi) is 8.38. The Hall–Kier alpha value is -2.75. The van der Waals surface area contributed by atoms with Crippen LogP contribution in [0.2, 0.25) is 5.02 Å². The minimum absolute atomic E-state index is 0.477. The minimum Gasteiger partial charge on any atom is -0.369 e. The number of hydrogen-bond acceptors (Lipinski definition) is 7. The van der Waals surface area contributed by atoms with E-state index >= 15 is 0 Å². The zero-order valence-corrected chi connectivity index (χ0v) is 21.0. The summed E-state index contributed by atoms with van der Waals surface area (Å²) in [7, 11) is 3.83. The summed E-state index contributed by atoms with van der Waals surface area (Å²) in [5.74, 6) is 1.12. The first kappa shape index (κ1) is 23.9. The molecule has 0 fully saturated rings. The number of anilines is 5. The van der Waals surface area contributed by atoms with E-state index in [4.69, 9.17) is 11.6 Å². The van der Waals surface area contributed by atoms with Crippen LogP contribution in [-0.4, -0.2) is 35.3 Å². The van der Waals surface area contributed by atoms with Crippen LogP contribution in [0.1, 0.15) is 5.56 Å². The highest BCUT2D eigenvalue weighted by Crippen LogP contribution is 2.28. The van der Waals surface area contributed by atoms with Crippen LogP contribution in [0, 0.1) is 6.92 Å². The molecule has 166 valence electrons. The molecule has 7 nitrogen and oxygen atoms in total. The third-order valence-corrected chi connectivity index (χ3v) is 5.54. The second-order valence-corrected chi connectivity index (χ2v) is 9.15. The molecule has 0 saturated carbocycles. The molecule has 0 aliphatic carbocycles. The number of aryl methyl sites for hydroxylation is 1. The topological polar surface area (TPSA) is 77.5 Å². The Morgan fingerprint density at radius 3 is 2.56 bits per heavy atom. The number of nitrogens with one attached hydrogen (secondary N) is 3. The number of halogens is 2. The summed E-state index contributed by atoms with van der Waals surface area (Å²) >= 11 is 10.8. The predicted octanol–water partition coefficient (Wildman–Crippen LogP) is 6.81. The normalized spacial score (nSPS) is 10.8. The average Bonchev–Trinajstić information content (AvgIpc) is 2.75. The summed E-state index contributed by atoms with van der Waals surface area (Å²) in [6.45, 7) is 5.95. The van der Waals surface area contributed by atoms with Crippen molar-refractivity contribution >= 4 is 74.6 Å². The molecule has 0 aliphatic heterocycles. The number of aromatic nitrogens is 2. The fraction of sp³-hybridized carbons (Fsp3) is 0.136. The first-order chi connectivity index (χ1) is 15.3. The van der Waals surface area contributed by atoms with Gasteiger partial charge in [-0.25, -0.2) is 9.98 Å². The van der Waals surface area contributed by atoms with Crippen LogP contribution in [-0.2, 0) is 0 Å². The lowest BCUT2D eigenvalue weighted by Crippen LogP contribution is -2.07. The fourth-order valence-electron chi connectivity index (χ4n) is 2.49. The van der Waals surface area contributed by atoms with Crippen molar-refractivity contribution in [2.75, 3.05) is 29.5 Å². The highest BCUT2D eigenvalue weighted by Gasteiger charge is 2.08. The largest absolute Gasteiger partial charge is 0.369 e. The minimum atomic E-state index is 0.477. The summed E-state index contributed by atoms with van der Waals surface area (Å²) in [5, 5.41) is 7.85. The Balaban J connectivity index is 1.66. The molecule has 0 unspecified atom stereocenters. The molecule has 3 rings (SSSR count). The number of hydrogen-bond donors (Lipinski definition) is 3. The summed E-state index contributed by atoms with van der Waals surface area (Å²) in [4.78, 5) is 15.0. The first-order valence-corrected chi connectivity index (χ1v) is 11.5. The van der Waals surface area contributed by atoms with E-state index in [1.54, 1.807) is 12.5 Å². The third-order valence-electron chi connectivity index (χ3n) is 4.05. The zero-order valence-electron chi connectivity index (χ0n) is 17.9. The van der Waals surface area contributed by atoms with Gasteiger partial charge in [0.2, 0.25) is 5.95 Å². The molecule has 0 atom stereocenters. The SMILES string of the molecule is C=C(/N=C\N(C)C)SNc1ccc(Nc2ncc(Br)c(Nc3ccc(Cl)cc3)n2)cc1C. The third kappa shape index (κ3) is 7.15. The van der Waals surface area contributed by atoms with E-state index < -0.39 is 0 Å². The van der Waals surface area contributed by atoms with E-state index in [0.29, 0.717) is 21.8 Å². The van der Waals surface area contributed by atoms with Crippen molar-refractivity contribution in [2.45, 2.75) is 6.92 Å². The maximum Gasteiger partial charge on any atom is 0.229 e. The van der Waals surface area contributed by atoms with Gasteiger partial charge in [-0.2, -0.15) is 4.98 Å². The first-order valence-electron chi connectivity index (χ1n) is 9.55. The van der Waals surface area contributed by atoms with Crippen LogP contribution in [0.15, 0.2) is 69.7 Å². The highest BCUT2D eigenvalue weighted by atomic mass is 79.9. The van der Waals surface area contributed by atoms with Crippen molar-refractivity contribution in [1.29, 1.82) is 0 Å². The van der Waals surface area contributed by atoms with Crippen LogP contribution in [0.3, 0.4) is 0 Å². The van der Waals surface area contributed by atoms with Gasteiger partial charge in [-0.1, -0.05) is 18.2 Å². The molecule has 3 aromatic rings. The maximum atomic E-state index is 5.96. The predicted molar refractivity (Wildman–Crippen MR) is 141 cm³/mol. The molecule has 0 spiro atoms. The van der Waals surface area contributed by atoms with Gasteiger partial charge in [0.25, 0.3) is 0 Å². The van der Waals surface area contributed by atoms with E-state index in [1.165, 1.54) is 11.9 Å². The van der Waals surface area contributed by atoms with Crippen molar-refractivity contribution < 1.29 is 0 Å². The van der Waals surface area contributed by atoms with E-state index in [2.05, 4.69) is 52.8 Å². The summed E-state index contributed by atoms with van der Waals surface area (Å²) in [6, 6.07) is 13.4. The quantitative estimate of drug-likeness (QED) is 0.159.